The normalized spacial score (nSPS) is 12.5. The number of alkyl halides is 6. The van der Waals surface area contributed by atoms with Crippen LogP contribution in [0.3, 0.4) is 0 Å². The number of benzene rings is 1. The number of ether oxygens (including phenoxy) is 1. The van der Waals surface area contributed by atoms with E-state index >= 15 is 0 Å². The Balaban J connectivity index is 2.45. The van der Waals surface area contributed by atoms with Crippen molar-refractivity contribution in [2.45, 2.75) is 12.4 Å². The summed E-state index contributed by atoms with van der Waals surface area (Å²) >= 11 is 6.34. The number of thiazole rings is 1. The van der Waals surface area contributed by atoms with Crippen LogP contribution in [0.25, 0.3) is 0 Å². The van der Waals surface area contributed by atoms with Gasteiger partial charge in [-0.2, -0.15) is 31.3 Å². The number of halogens is 7. The summed E-state index contributed by atoms with van der Waals surface area (Å²) < 4.78 is 80.6. The average Bonchev–Trinajstić information content (AvgIpc) is 2.72. The topological polar surface area (TPSA) is 22.1 Å². The summed E-state index contributed by atoms with van der Waals surface area (Å²) in [5.41, 5.74) is -2.93. The second-order valence-electron chi connectivity index (χ2n) is 3.78. The van der Waals surface area contributed by atoms with E-state index in [1.54, 1.807) is 0 Å². The van der Waals surface area contributed by atoms with E-state index in [2.05, 4.69) is 4.98 Å². The van der Waals surface area contributed by atoms with E-state index in [-0.39, 0.29) is 16.4 Å². The van der Waals surface area contributed by atoms with Gasteiger partial charge in [-0.05, 0) is 18.2 Å². The van der Waals surface area contributed by atoms with Crippen LogP contribution < -0.4 is 4.74 Å². The molecule has 0 saturated carbocycles. The van der Waals surface area contributed by atoms with Gasteiger partial charge in [-0.15, -0.1) is 0 Å². The first-order valence-corrected chi connectivity index (χ1v) is 6.40. The molecule has 0 spiro atoms. The molecule has 21 heavy (non-hydrogen) atoms. The van der Waals surface area contributed by atoms with Gasteiger partial charge in [0.15, 0.2) is 0 Å². The van der Waals surface area contributed by atoms with E-state index in [1.165, 1.54) is 5.38 Å². The van der Waals surface area contributed by atoms with Crippen LogP contribution in [0.15, 0.2) is 23.6 Å². The number of aromatic nitrogens is 1. The van der Waals surface area contributed by atoms with E-state index in [4.69, 9.17) is 16.3 Å². The summed E-state index contributed by atoms with van der Waals surface area (Å²) in [6.45, 7) is 0. The van der Waals surface area contributed by atoms with Crippen LogP contribution in [0.1, 0.15) is 11.1 Å². The first-order chi connectivity index (χ1) is 9.55. The Morgan fingerprint density at radius 2 is 1.48 bits per heavy atom. The minimum atomic E-state index is -4.93. The molecule has 0 aliphatic carbocycles. The molecule has 0 radical (unpaired) electrons. The molecule has 114 valence electrons. The minimum absolute atomic E-state index is 0.0156. The Bertz CT molecular complexity index is 619. The van der Waals surface area contributed by atoms with Crippen LogP contribution in [-0.2, 0) is 12.4 Å². The molecule has 0 amide bonds. The maximum absolute atomic E-state index is 12.6. The molecule has 0 atom stereocenters. The number of nitrogens with zero attached hydrogens (tertiary/aromatic N) is 1. The third kappa shape index (κ3) is 4.01. The molecule has 2 aromatic rings. The Morgan fingerprint density at radius 1 is 0.952 bits per heavy atom. The van der Waals surface area contributed by atoms with E-state index in [9.17, 15) is 26.3 Å². The van der Waals surface area contributed by atoms with Gasteiger partial charge in [0.1, 0.15) is 10.9 Å². The fourth-order valence-corrected chi connectivity index (χ4v) is 2.18. The summed E-state index contributed by atoms with van der Waals surface area (Å²) in [6, 6.07) is 0.941. The molecular weight excluding hydrogens is 344 g/mol. The van der Waals surface area contributed by atoms with Crippen molar-refractivity contribution in [1.29, 1.82) is 0 Å². The van der Waals surface area contributed by atoms with Gasteiger partial charge in [0.2, 0.25) is 0 Å². The van der Waals surface area contributed by atoms with E-state index < -0.39 is 29.2 Å². The summed E-state index contributed by atoms with van der Waals surface area (Å²) in [4.78, 5) is 3.59. The van der Waals surface area contributed by atoms with Crippen molar-refractivity contribution < 1.29 is 31.1 Å². The lowest BCUT2D eigenvalue weighted by molar-refractivity contribution is -0.143. The van der Waals surface area contributed by atoms with Crippen molar-refractivity contribution in [2.24, 2.45) is 0 Å². The Hall–Kier alpha value is -1.48. The zero-order valence-electron chi connectivity index (χ0n) is 9.72. The summed E-state index contributed by atoms with van der Waals surface area (Å²) in [7, 11) is 0. The number of hydrogen-bond donors (Lipinski definition) is 0. The monoisotopic (exact) mass is 347 g/mol. The highest BCUT2D eigenvalue weighted by molar-refractivity contribution is 7.11. The van der Waals surface area contributed by atoms with Gasteiger partial charge in [-0.1, -0.05) is 22.9 Å². The van der Waals surface area contributed by atoms with Crippen LogP contribution in [0.5, 0.6) is 10.9 Å². The fraction of sp³-hybridized carbons (Fsp3) is 0.182. The molecular formula is C11H4ClF6NOS. The highest BCUT2D eigenvalue weighted by Gasteiger charge is 2.37. The minimum Gasteiger partial charge on any atom is -0.431 e. The highest BCUT2D eigenvalue weighted by Crippen LogP contribution is 2.39. The van der Waals surface area contributed by atoms with E-state index in [1.807, 2.05) is 0 Å². The highest BCUT2D eigenvalue weighted by atomic mass is 35.5. The third-order valence-corrected chi connectivity index (χ3v) is 3.26. The van der Waals surface area contributed by atoms with Crippen LogP contribution in [-0.4, -0.2) is 4.98 Å². The van der Waals surface area contributed by atoms with Crippen molar-refractivity contribution in [2.75, 3.05) is 0 Å². The van der Waals surface area contributed by atoms with Gasteiger partial charge in [-0.25, -0.2) is 0 Å². The van der Waals surface area contributed by atoms with Gasteiger partial charge in [0.25, 0.3) is 5.19 Å². The van der Waals surface area contributed by atoms with Crippen molar-refractivity contribution in [3.8, 4) is 10.9 Å². The van der Waals surface area contributed by atoms with E-state index in [0.717, 1.165) is 11.3 Å². The van der Waals surface area contributed by atoms with Crippen molar-refractivity contribution in [3.05, 3.63) is 39.9 Å². The summed E-state index contributed by atoms with van der Waals surface area (Å²) in [5.74, 6) is -0.622. The lowest BCUT2D eigenvalue weighted by Crippen LogP contribution is -2.11. The second-order valence-corrected chi connectivity index (χ2v) is 4.99. The summed E-state index contributed by atoms with van der Waals surface area (Å²) in [5, 5.41) is 1.19. The molecule has 0 fully saturated rings. The molecule has 0 unspecified atom stereocenters. The van der Waals surface area contributed by atoms with Crippen LogP contribution in [0.4, 0.5) is 26.3 Å². The molecule has 1 aromatic heterocycles. The van der Waals surface area contributed by atoms with Gasteiger partial charge < -0.3 is 4.74 Å². The van der Waals surface area contributed by atoms with Crippen molar-refractivity contribution in [3.63, 3.8) is 0 Å². The maximum atomic E-state index is 12.6. The lowest BCUT2D eigenvalue weighted by atomic mass is 10.1. The quantitative estimate of drug-likeness (QED) is 0.657. The fourth-order valence-electron chi connectivity index (χ4n) is 1.37. The SMILES string of the molecule is FC(F)(F)c1cc(Oc2nc(Cl)cs2)cc(C(F)(F)F)c1. The molecule has 0 N–H and O–H groups in total. The molecule has 0 aliphatic heterocycles. The standard InChI is InChI=1S/C11H4ClF6NOS/c12-8-4-21-9(19-8)20-7-2-5(10(13,14)15)1-6(3-7)11(16,17)18/h1-4H. The van der Waals surface area contributed by atoms with Gasteiger partial charge in [0, 0.05) is 5.38 Å². The number of rotatable bonds is 2. The molecule has 10 heteroatoms. The van der Waals surface area contributed by atoms with Gasteiger partial charge >= 0.3 is 12.4 Å². The molecule has 0 saturated heterocycles. The average molecular weight is 348 g/mol. The van der Waals surface area contributed by atoms with Crippen LogP contribution in [0, 0.1) is 0 Å². The first kappa shape index (κ1) is 15.9. The maximum Gasteiger partial charge on any atom is 0.416 e. The van der Waals surface area contributed by atoms with Crippen LogP contribution in [0.2, 0.25) is 5.15 Å². The predicted molar refractivity (Wildman–Crippen MR) is 63.6 cm³/mol. The largest absolute Gasteiger partial charge is 0.431 e. The molecule has 1 aromatic carbocycles. The molecule has 2 rings (SSSR count). The smallest absolute Gasteiger partial charge is 0.416 e. The summed E-state index contributed by atoms with van der Waals surface area (Å²) in [6.07, 6.45) is -9.86. The lowest BCUT2D eigenvalue weighted by Gasteiger charge is -2.13. The van der Waals surface area contributed by atoms with Gasteiger partial charge in [0.05, 0.1) is 11.1 Å². The second kappa shape index (κ2) is 5.38. The molecule has 1 heterocycles. The van der Waals surface area contributed by atoms with Crippen molar-refractivity contribution >= 4 is 22.9 Å². The first-order valence-electron chi connectivity index (χ1n) is 5.14. The molecule has 0 aliphatic rings. The van der Waals surface area contributed by atoms with Gasteiger partial charge in [-0.3, -0.25) is 0 Å². The molecule has 0 bridgehead atoms. The predicted octanol–water partition coefficient (Wildman–Crippen LogP) is 5.63. The van der Waals surface area contributed by atoms with Crippen LogP contribution >= 0.6 is 22.9 Å². The third-order valence-electron chi connectivity index (χ3n) is 2.22. The number of hydrogen-bond acceptors (Lipinski definition) is 3. The molecule has 2 nitrogen and oxygen atoms in total. The van der Waals surface area contributed by atoms with Crippen molar-refractivity contribution in [1.82, 2.24) is 4.98 Å². The Kier molecular flexibility index (Phi) is 4.07. The Labute approximate surface area is 122 Å². The van der Waals surface area contributed by atoms with E-state index in [0.29, 0.717) is 12.1 Å². The zero-order valence-corrected chi connectivity index (χ0v) is 11.3. The Morgan fingerprint density at radius 3 is 1.86 bits per heavy atom. The zero-order chi connectivity index (χ0) is 15.8.